The van der Waals surface area contributed by atoms with Crippen molar-refractivity contribution in [1.29, 1.82) is 0 Å². The normalized spacial score (nSPS) is 24.2. The minimum absolute atomic E-state index is 0.593. The van der Waals surface area contributed by atoms with Crippen molar-refractivity contribution in [2.75, 3.05) is 26.8 Å². The Labute approximate surface area is 72.3 Å². The minimum Gasteiger partial charge on any atom is -0.381 e. The summed E-state index contributed by atoms with van der Waals surface area (Å²) in [6.45, 7) is 2.59. The number of nitrogens with zero attached hydrogens (tertiary/aromatic N) is 1. The first kappa shape index (κ1) is 9.28. The molecule has 0 radical (unpaired) electrons. The lowest BCUT2D eigenvalue weighted by Crippen LogP contribution is -2.43. The van der Waals surface area contributed by atoms with E-state index < -0.39 is 0 Å². The first-order chi connectivity index (χ1) is 5.86. The fourth-order valence-corrected chi connectivity index (χ4v) is 1.18. The highest BCUT2D eigenvalue weighted by molar-refractivity contribution is 5.78. The quantitative estimate of drug-likeness (QED) is 0.218. The Balaban J connectivity index is 2.15. The van der Waals surface area contributed by atoms with Crippen molar-refractivity contribution in [1.82, 2.24) is 10.7 Å². The largest absolute Gasteiger partial charge is 0.381 e. The van der Waals surface area contributed by atoms with Gasteiger partial charge in [0.2, 0.25) is 5.96 Å². The molecule has 0 aromatic heterocycles. The second-order valence-corrected chi connectivity index (χ2v) is 2.83. The maximum Gasteiger partial charge on any atom is 0.205 e. The predicted molar refractivity (Wildman–Crippen MR) is 47.6 cm³/mol. The molecule has 12 heavy (non-hydrogen) atoms. The Kier molecular flexibility index (Phi) is 3.83. The van der Waals surface area contributed by atoms with Gasteiger partial charge in [-0.05, 0) is 6.42 Å². The maximum absolute atomic E-state index is 5.23. The van der Waals surface area contributed by atoms with Crippen LogP contribution in [0, 0.1) is 5.92 Å². The van der Waals surface area contributed by atoms with Crippen LogP contribution in [0.3, 0.4) is 0 Å². The van der Waals surface area contributed by atoms with E-state index in [1.807, 2.05) is 0 Å². The maximum atomic E-state index is 5.23. The lowest BCUT2D eigenvalue weighted by atomic mass is 10.1. The number of aliphatic imine (C=N–C) groups is 1. The van der Waals surface area contributed by atoms with Crippen LogP contribution in [-0.2, 0) is 4.74 Å². The summed E-state index contributed by atoms with van der Waals surface area (Å²) in [5, 5.41) is 3.09. The first-order valence-electron chi connectivity index (χ1n) is 4.12. The van der Waals surface area contributed by atoms with Gasteiger partial charge in [0.1, 0.15) is 0 Å². The Bertz CT molecular complexity index is 153. The molecule has 5 nitrogen and oxygen atoms in total. The van der Waals surface area contributed by atoms with Crippen LogP contribution < -0.4 is 16.6 Å². The van der Waals surface area contributed by atoms with E-state index in [-0.39, 0.29) is 0 Å². The summed E-state index contributed by atoms with van der Waals surface area (Å²) < 4.78 is 5.23. The van der Waals surface area contributed by atoms with Crippen LogP contribution in [0.4, 0.5) is 0 Å². The highest BCUT2D eigenvalue weighted by atomic mass is 16.5. The molecule has 70 valence electrons. The van der Waals surface area contributed by atoms with Crippen molar-refractivity contribution in [3.05, 3.63) is 0 Å². The Hall–Kier alpha value is -0.810. The molecule has 0 saturated carbocycles. The van der Waals surface area contributed by atoms with Crippen LogP contribution in [0.2, 0.25) is 0 Å². The van der Waals surface area contributed by atoms with Crippen molar-refractivity contribution >= 4 is 5.96 Å². The van der Waals surface area contributed by atoms with Crippen LogP contribution in [0.25, 0.3) is 0 Å². The molecule has 5 heteroatoms. The molecule has 1 unspecified atom stereocenters. The second kappa shape index (κ2) is 4.95. The number of nitrogens with two attached hydrogens (primary N) is 1. The van der Waals surface area contributed by atoms with Gasteiger partial charge >= 0.3 is 0 Å². The molecule has 0 aromatic carbocycles. The van der Waals surface area contributed by atoms with Crippen LogP contribution in [-0.4, -0.2) is 32.8 Å². The van der Waals surface area contributed by atoms with Crippen molar-refractivity contribution in [2.24, 2.45) is 16.8 Å². The molecule has 0 aliphatic carbocycles. The molecule has 1 atom stereocenters. The van der Waals surface area contributed by atoms with E-state index in [1.165, 1.54) is 0 Å². The Morgan fingerprint density at radius 2 is 2.58 bits per heavy atom. The van der Waals surface area contributed by atoms with Crippen LogP contribution >= 0.6 is 0 Å². The third kappa shape index (κ3) is 2.67. The van der Waals surface area contributed by atoms with Gasteiger partial charge in [0.15, 0.2) is 0 Å². The summed E-state index contributed by atoms with van der Waals surface area (Å²) in [6, 6.07) is 0. The molecular weight excluding hydrogens is 156 g/mol. The molecule has 1 fully saturated rings. The van der Waals surface area contributed by atoms with E-state index in [9.17, 15) is 0 Å². The summed E-state index contributed by atoms with van der Waals surface area (Å²) >= 11 is 0. The van der Waals surface area contributed by atoms with Crippen LogP contribution in [0.1, 0.15) is 6.42 Å². The molecule has 0 aromatic rings. The zero-order valence-electron chi connectivity index (χ0n) is 7.34. The number of hydrogen-bond donors (Lipinski definition) is 3. The highest BCUT2D eigenvalue weighted by Gasteiger charge is 2.15. The lowest BCUT2D eigenvalue weighted by Gasteiger charge is -2.11. The average Bonchev–Trinajstić information content (AvgIpc) is 2.59. The Morgan fingerprint density at radius 3 is 3.08 bits per heavy atom. The van der Waals surface area contributed by atoms with E-state index in [2.05, 4.69) is 15.7 Å². The molecule has 0 bridgehead atoms. The van der Waals surface area contributed by atoms with Gasteiger partial charge in [-0.25, -0.2) is 5.84 Å². The third-order valence-corrected chi connectivity index (χ3v) is 1.94. The van der Waals surface area contributed by atoms with Crippen LogP contribution in [0.15, 0.2) is 4.99 Å². The van der Waals surface area contributed by atoms with Crippen molar-refractivity contribution in [2.45, 2.75) is 6.42 Å². The van der Waals surface area contributed by atoms with E-state index in [4.69, 9.17) is 10.6 Å². The molecule has 1 saturated heterocycles. The standard InChI is InChI=1S/C7H16N4O/c1-9-7(11-8)10-4-6-2-3-12-5-6/h6H,2-5,8H2,1H3,(H2,9,10,11). The molecule has 4 N–H and O–H groups in total. The smallest absolute Gasteiger partial charge is 0.205 e. The molecule has 1 aliphatic heterocycles. The number of ether oxygens (including phenoxy) is 1. The summed E-state index contributed by atoms with van der Waals surface area (Å²) in [5.41, 5.74) is 2.47. The fraction of sp³-hybridized carbons (Fsp3) is 0.857. The number of rotatable bonds is 2. The van der Waals surface area contributed by atoms with Gasteiger partial charge in [0.25, 0.3) is 0 Å². The van der Waals surface area contributed by atoms with Gasteiger partial charge in [0, 0.05) is 26.1 Å². The van der Waals surface area contributed by atoms with Gasteiger partial charge < -0.3 is 10.1 Å². The lowest BCUT2D eigenvalue weighted by molar-refractivity contribution is 0.186. The summed E-state index contributed by atoms with van der Waals surface area (Å²) in [5.74, 6) is 6.41. The molecule has 1 aliphatic rings. The average molecular weight is 172 g/mol. The zero-order chi connectivity index (χ0) is 8.81. The molecule has 0 amide bonds. The first-order valence-corrected chi connectivity index (χ1v) is 4.12. The van der Waals surface area contributed by atoms with Gasteiger partial charge in [-0.3, -0.25) is 10.4 Å². The number of nitrogens with one attached hydrogen (secondary N) is 2. The second-order valence-electron chi connectivity index (χ2n) is 2.83. The van der Waals surface area contributed by atoms with Crippen molar-refractivity contribution in [3.8, 4) is 0 Å². The number of hydrazine groups is 1. The predicted octanol–water partition coefficient (Wildman–Crippen LogP) is -0.938. The van der Waals surface area contributed by atoms with E-state index in [0.29, 0.717) is 11.9 Å². The van der Waals surface area contributed by atoms with Crippen molar-refractivity contribution in [3.63, 3.8) is 0 Å². The molecular formula is C7H16N4O. The highest BCUT2D eigenvalue weighted by Crippen LogP contribution is 2.10. The summed E-state index contributed by atoms with van der Waals surface area (Å²) in [4.78, 5) is 3.90. The zero-order valence-corrected chi connectivity index (χ0v) is 7.34. The summed E-state index contributed by atoms with van der Waals surface area (Å²) in [6.07, 6.45) is 1.12. The third-order valence-electron chi connectivity index (χ3n) is 1.94. The molecule has 1 heterocycles. The molecule has 0 spiro atoms. The monoisotopic (exact) mass is 172 g/mol. The van der Waals surface area contributed by atoms with Gasteiger partial charge in [-0.2, -0.15) is 0 Å². The molecule has 1 rings (SSSR count). The van der Waals surface area contributed by atoms with E-state index >= 15 is 0 Å². The van der Waals surface area contributed by atoms with Gasteiger partial charge in [0.05, 0.1) is 6.61 Å². The summed E-state index contributed by atoms with van der Waals surface area (Å²) in [7, 11) is 1.69. The van der Waals surface area contributed by atoms with E-state index in [0.717, 1.165) is 26.2 Å². The van der Waals surface area contributed by atoms with Gasteiger partial charge in [-0.1, -0.05) is 0 Å². The van der Waals surface area contributed by atoms with Gasteiger partial charge in [-0.15, -0.1) is 0 Å². The topological polar surface area (TPSA) is 71.7 Å². The SMILES string of the molecule is CN=C(NN)NCC1CCOC1. The number of hydrogen-bond acceptors (Lipinski definition) is 3. The van der Waals surface area contributed by atoms with Crippen LogP contribution in [0.5, 0.6) is 0 Å². The number of guanidine groups is 1. The van der Waals surface area contributed by atoms with E-state index in [1.54, 1.807) is 7.05 Å². The minimum atomic E-state index is 0.593. The fourth-order valence-electron chi connectivity index (χ4n) is 1.18. The Morgan fingerprint density at radius 1 is 1.75 bits per heavy atom. The van der Waals surface area contributed by atoms with Crippen molar-refractivity contribution < 1.29 is 4.74 Å².